The van der Waals surface area contributed by atoms with Crippen LogP contribution in [-0.4, -0.2) is 11.7 Å². The molecule has 0 saturated heterocycles. The molecule has 4 nitrogen and oxygen atoms in total. The molecule has 1 aromatic carbocycles. The molecular weight excluding hydrogens is 361 g/mol. The molecule has 1 heterocycles. The van der Waals surface area contributed by atoms with E-state index in [1.165, 1.54) is 11.6 Å². The first kappa shape index (κ1) is 16.7. The van der Waals surface area contributed by atoms with Gasteiger partial charge in [-0.05, 0) is 50.3 Å². The fraction of sp³-hybridized carbons (Fsp3) is 0.368. The number of aryl methyl sites for hydroxylation is 2. The summed E-state index contributed by atoms with van der Waals surface area (Å²) in [7, 11) is 0. The first-order valence-electron chi connectivity index (χ1n) is 8.50. The normalized spacial score (nSPS) is 17.9. The van der Waals surface area contributed by atoms with Gasteiger partial charge in [0.2, 0.25) is 0 Å². The van der Waals surface area contributed by atoms with Crippen molar-refractivity contribution in [3.63, 3.8) is 0 Å². The molecule has 130 valence electrons. The first-order valence-corrected chi connectivity index (χ1v) is 9.26. The van der Waals surface area contributed by atoms with Crippen LogP contribution in [0.4, 0.5) is 0 Å². The molecule has 0 bridgehead atoms. The summed E-state index contributed by atoms with van der Waals surface area (Å²) in [5.74, 6) is 1.53. The summed E-state index contributed by atoms with van der Waals surface area (Å²) in [5, 5.41) is 4.87. The summed E-state index contributed by atoms with van der Waals surface area (Å²) in [6.45, 7) is 0. The monoisotopic (exact) mass is 377 g/mol. The minimum absolute atomic E-state index is 0.313. The lowest BCUT2D eigenvalue weighted by Gasteiger charge is -2.15. The Labute approximate surface area is 155 Å². The van der Waals surface area contributed by atoms with Crippen LogP contribution in [0.1, 0.15) is 58.7 Å². The number of hydrogen-bond acceptors (Lipinski definition) is 4. The Morgan fingerprint density at radius 2 is 1.80 bits per heavy atom. The summed E-state index contributed by atoms with van der Waals surface area (Å²) >= 11 is 11.8. The van der Waals surface area contributed by atoms with Crippen molar-refractivity contribution in [3.8, 4) is 0 Å². The Balaban J connectivity index is 1.60. The molecule has 0 saturated carbocycles. The standard InChI is InChI=1S/C19H17Cl2NO3/c20-13-9-8-11(10-14(13)21)19(23)25-22-15-5-3-7-17-18(15)12-4-1-2-6-16(12)24-17/h8-10H,1-7H2/b22-15-. The van der Waals surface area contributed by atoms with Crippen molar-refractivity contribution in [2.45, 2.75) is 44.9 Å². The number of rotatable bonds is 2. The molecule has 1 aromatic heterocycles. The summed E-state index contributed by atoms with van der Waals surface area (Å²) in [4.78, 5) is 17.4. The van der Waals surface area contributed by atoms with E-state index >= 15 is 0 Å². The molecule has 0 radical (unpaired) electrons. The van der Waals surface area contributed by atoms with Gasteiger partial charge in [0.05, 0.1) is 21.3 Å². The Morgan fingerprint density at radius 3 is 2.64 bits per heavy atom. The van der Waals surface area contributed by atoms with Gasteiger partial charge in [0.25, 0.3) is 0 Å². The van der Waals surface area contributed by atoms with Crippen molar-refractivity contribution < 1.29 is 14.0 Å². The summed E-state index contributed by atoms with van der Waals surface area (Å²) < 4.78 is 6.03. The smallest absolute Gasteiger partial charge is 0.365 e. The first-order chi connectivity index (χ1) is 12.1. The molecule has 0 amide bonds. The van der Waals surface area contributed by atoms with Gasteiger partial charge in [0, 0.05) is 24.0 Å². The van der Waals surface area contributed by atoms with Crippen molar-refractivity contribution in [1.29, 1.82) is 0 Å². The van der Waals surface area contributed by atoms with Crippen LogP contribution in [0.15, 0.2) is 27.8 Å². The van der Waals surface area contributed by atoms with Crippen LogP contribution in [0.2, 0.25) is 10.0 Å². The van der Waals surface area contributed by atoms with Gasteiger partial charge in [-0.15, -0.1) is 0 Å². The fourth-order valence-electron chi connectivity index (χ4n) is 3.54. The number of carbonyl (C=O) groups is 1. The van der Waals surface area contributed by atoms with Gasteiger partial charge in [-0.2, -0.15) is 0 Å². The van der Waals surface area contributed by atoms with Gasteiger partial charge in [-0.3, -0.25) is 0 Å². The summed E-state index contributed by atoms with van der Waals surface area (Å²) in [5.41, 5.74) is 3.46. The van der Waals surface area contributed by atoms with Gasteiger partial charge in [0.15, 0.2) is 0 Å². The second-order valence-electron chi connectivity index (χ2n) is 6.41. The number of benzene rings is 1. The average molecular weight is 378 g/mol. The van der Waals surface area contributed by atoms with Crippen LogP contribution in [0.25, 0.3) is 0 Å². The lowest BCUT2D eigenvalue weighted by molar-refractivity contribution is 0.0515. The van der Waals surface area contributed by atoms with Crippen molar-refractivity contribution in [2.75, 3.05) is 0 Å². The van der Waals surface area contributed by atoms with E-state index < -0.39 is 5.97 Å². The second-order valence-corrected chi connectivity index (χ2v) is 7.22. The molecule has 6 heteroatoms. The van der Waals surface area contributed by atoms with E-state index in [0.717, 1.165) is 67.7 Å². The quantitative estimate of drug-likeness (QED) is 0.522. The highest BCUT2D eigenvalue weighted by Gasteiger charge is 2.28. The van der Waals surface area contributed by atoms with E-state index in [4.69, 9.17) is 32.5 Å². The predicted molar refractivity (Wildman–Crippen MR) is 96.7 cm³/mol. The van der Waals surface area contributed by atoms with Crippen molar-refractivity contribution in [1.82, 2.24) is 0 Å². The zero-order valence-electron chi connectivity index (χ0n) is 13.6. The zero-order chi connectivity index (χ0) is 17.4. The van der Waals surface area contributed by atoms with Crippen LogP contribution in [-0.2, 0) is 24.1 Å². The highest BCUT2D eigenvalue weighted by Crippen LogP contribution is 2.34. The molecule has 0 atom stereocenters. The number of halogens is 2. The van der Waals surface area contributed by atoms with Gasteiger partial charge in [-0.1, -0.05) is 28.4 Å². The Kier molecular flexibility index (Phi) is 4.57. The molecule has 2 aliphatic rings. The summed E-state index contributed by atoms with van der Waals surface area (Å²) in [6.07, 6.45) is 6.97. The van der Waals surface area contributed by atoms with E-state index in [0.29, 0.717) is 15.6 Å². The maximum atomic E-state index is 12.2. The largest absolute Gasteiger partial charge is 0.465 e. The number of furan rings is 1. The SMILES string of the molecule is O=C(O/N=C1/CCCc2oc3c(c21)CCCC3)c1ccc(Cl)c(Cl)c1. The number of carbonyl (C=O) groups excluding carboxylic acids is 1. The van der Waals surface area contributed by atoms with E-state index in [-0.39, 0.29) is 0 Å². The van der Waals surface area contributed by atoms with E-state index in [1.54, 1.807) is 12.1 Å². The fourth-order valence-corrected chi connectivity index (χ4v) is 3.84. The average Bonchev–Trinajstić information content (AvgIpc) is 3.01. The van der Waals surface area contributed by atoms with Crippen LogP contribution in [0.5, 0.6) is 0 Å². The third kappa shape index (κ3) is 3.21. The molecule has 0 N–H and O–H groups in total. The second kappa shape index (κ2) is 6.85. The van der Waals surface area contributed by atoms with Crippen LogP contribution >= 0.6 is 23.2 Å². The number of hydrogen-bond donors (Lipinski definition) is 0. The van der Waals surface area contributed by atoms with Crippen LogP contribution in [0.3, 0.4) is 0 Å². The Morgan fingerprint density at radius 1 is 1.00 bits per heavy atom. The van der Waals surface area contributed by atoms with E-state index in [1.807, 2.05) is 0 Å². The Bertz CT molecular complexity index is 870. The van der Waals surface area contributed by atoms with Gasteiger partial charge >= 0.3 is 5.97 Å². The third-order valence-corrected chi connectivity index (χ3v) is 5.48. The maximum absolute atomic E-state index is 12.2. The predicted octanol–water partition coefficient (Wildman–Crippen LogP) is 5.36. The minimum Gasteiger partial charge on any atom is -0.465 e. The van der Waals surface area contributed by atoms with E-state index in [9.17, 15) is 4.79 Å². The molecule has 0 fully saturated rings. The zero-order valence-corrected chi connectivity index (χ0v) is 15.1. The lowest BCUT2D eigenvalue weighted by atomic mass is 9.88. The maximum Gasteiger partial charge on any atom is 0.365 e. The van der Waals surface area contributed by atoms with Crippen LogP contribution < -0.4 is 0 Å². The third-order valence-electron chi connectivity index (χ3n) is 4.74. The number of oxime groups is 1. The molecule has 4 rings (SSSR count). The lowest BCUT2D eigenvalue weighted by Crippen LogP contribution is -2.14. The van der Waals surface area contributed by atoms with E-state index in [2.05, 4.69) is 5.16 Å². The van der Waals surface area contributed by atoms with Gasteiger partial charge in [0.1, 0.15) is 11.5 Å². The minimum atomic E-state index is -0.546. The molecule has 0 aliphatic heterocycles. The molecule has 2 aromatic rings. The van der Waals surface area contributed by atoms with Crippen molar-refractivity contribution in [2.24, 2.45) is 5.16 Å². The van der Waals surface area contributed by atoms with Gasteiger partial charge in [-0.25, -0.2) is 4.79 Å². The molecule has 0 unspecified atom stereocenters. The molecule has 2 aliphatic carbocycles. The highest BCUT2D eigenvalue weighted by molar-refractivity contribution is 6.42. The Hall–Kier alpha value is -1.78. The number of fused-ring (bicyclic) bond motifs is 3. The van der Waals surface area contributed by atoms with Crippen LogP contribution in [0, 0.1) is 0 Å². The molecule has 25 heavy (non-hydrogen) atoms. The summed E-state index contributed by atoms with van der Waals surface area (Å²) in [6, 6.07) is 4.62. The molecular formula is C19H17Cl2NO3. The highest BCUT2D eigenvalue weighted by atomic mass is 35.5. The molecule has 0 spiro atoms. The topological polar surface area (TPSA) is 51.8 Å². The van der Waals surface area contributed by atoms with Crippen molar-refractivity contribution >= 4 is 34.9 Å². The number of nitrogens with zero attached hydrogens (tertiary/aromatic N) is 1. The van der Waals surface area contributed by atoms with Gasteiger partial charge < -0.3 is 9.25 Å². The van der Waals surface area contributed by atoms with Crippen molar-refractivity contribution in [3.05, 3.63) is 56.5 Å².